The van der Waals surface area contributed by atoms with Crippen LogP contribution in [0.1, 0.15) is 43.4 Å². The normalized spacial score (nSPS) is 10.1. The van der Waals surface area contributed by atoms with Crippen LogP contribution in [0.15, 0.2) is 109 Å². The molecule has 0 aliphatic rings. The first-order valence-electron chi connectivity index (χ1n) is 23.8. The molecule has 0 saturated heterocycles. The summed E-state index contributed by atoms with van der Waals surface area (Å²) in [4.78, 5) is 44.8. The van der Waals surface area contributed by atoms with E-state index in [0.29, 0.717) is 22.4 Å². The molecule has 8 heterocycles. The molecule has 4 aromatic carbocycles. The Balaban J connectivity index is 0.000000264. The zero-order chi connectivity index (χ0) is 59.9. The van der Waals surface area contributed by atoms with Gasteiger partial charge in [-0.15, -0.1) is 12.6 Å². The maximum absolute atomic E-state index is 8.64. The predicted molar refractivity (Wildman–Crippen MR) is 379 cm³/mol. The molecule has 0 aliphatic heterocycles. The SMILES string of the molecule is C.COc1cc2c(cc1-c1c(C)noc1C)[nH]c1nc(C)nc(Cl)c12.COc1cc2c(cc1-c1c(C)noc1C)[nH]c1nc(C)nc(Sc3c[nH]c4ccccc34)c12.O=CO[O-].S=S=S=S=S=S=S=S=S=S=S=S=S.Sc1c[nH]c2ccccc12.[H-].[K+].[K+]. The summed E-state index contributed by atoms with van der Waals surface area (Å²) in [5.74, 6) is 4.31. The van der Waals surface area contributed by atoms with Crippen molar-refractivity contribution in [2.45, 2.75) is 63.8 Å². The van der Waals surface area contributed by atoms with Crippen LogP contribution in [-0.4, -0.2) is 70.9 Å². The number of hydrogen-bond donors (Lipinski definition) is 5. The number of thiol groups is 1. The fourth-order valence-electron chi connectivity index (χ4n) is 8.71. The fraction of sp³-hybridized carbons (Fsp3) is 0.173. The van der Waals surface area contributed by atoms with E-state index in [2.05, 4.69) is 80.9 Å². The summed E-state index contributed by atoms with van der Waals surface area (Å²) in [6, 6.07) is 24.5. The molecule has 0 fully saturated rings. The Bertz CT molecular complexity index is 4890. The minimum Gasteiger partial charge on any atom is -1.00 e. The third-order valence-corrected chi connectivity index (χ3v) is 35.8. The first kappa shape index (κ1) is 76.0. The van der Waals surface area contributed by atoms with Gasteiger partial charge in [0.2, 0.25) is 0 Å². The van der Waals surface area contributed by atoms with Crippen molar-refractivity contribution < 1.29 is 138 Å². The van der Waals surface area contributed by atoms with Gasteiger partial charge in [-0.3, -0.25) is 4.79 Å². The van der Waals surface area contributed by atoms with E-state index in [1.165, 1.54) is 28.5 Å². The number of nitrogens with zero attached hydrogens (tertiary/aromatic N) is 6. The van der Waals surface area contributed by atoms with Gasteiger partial charge >= 0.3 is 103 Å². The second kappa shape index (κ2) is 37.9. The maximum atomic E-state index is 8.64. The van der Waals surface area contributed by atoms with E-state index in [-0.39, 0.29) is 118 Å². The number of carbonyl (C=O) groups excluding carboxylic acids is 1. The predicted octanol–water partition coefficient (Wildman–Crippen LogP) is 6.30. The van der Waals surface area contributed by atoms with Crippen molar-refractivity contribution in [3.8, 4) is 33.8 Å². The fourth-order valence-corrected chi connectivity index (χ4v) is 35.1. The minimum absolute atomic E-state index is 0. The summed E-state index contributed by atoms with van der Waals surface area (Å²) < 4.78 is 22.1. The summed E-state index contributed by atoms with van der Waals surface area (Å²) in [6.07, 6.45) is 3.93. The Hall–Kier alpha value is -1.71. The van der Waals surface area contributed by atoms with Gasteiger partial charge in [-0.1, -0.05) is 77.5 Å². The van der Waals surface area contributed by atoms with Gasteiger partial charge in [-0.25, -0.2) is 19.9 Å². The van der Waals surface area contributed by atoms with E-state index in [1.807, 2.05) is 109 Å². The molecule has 8 aromatic heterocycles. The van der Waals surface area contributed by atoms with Gasteiger partial charge in [0.15, 0.2) is 0 Å². The molecular weight excluding hydrogens is 1470 g/mol. The van der Waals surface area contributed by atoms with E-state index in [1.54, 1.807) is 106 Å². The molecule has 87 heavy (non-hydrogen) atoms. The number of aromatic nitrogens is 10. The number of methoxy groups -OCH3 is 2. The maximum Gasteiger partial charge on any atom is 1.00 e. The third kappa shape index (κ3) is 19.5. The molecule has 35 heteroatoms. The number of fused-ring (bicyclic) bond motifs is 8. The van der Waals surface area contributed by atoms with Crippen LogP contribution in [0, 0.1) is 41.5 Å². The standard InChI is InChI=1S/C25H21N5O2S.C17H15ClN4O2.C8H7NS.CH2O3.CH4.2K.S13.H/c1-12-22(13(2)32-30-12)17-9-19-16(10-20(17)31-4)23-24(29-19)27-14(3)28-25(23)33-21-11-26-18-8-6-5-7-15(18)21;1-7-14(8(2)24-22-7)11-5-12-10(6-13(11)23-4)15-16(18)19-9(3)20-17(15)21-12;10-8-5-9-7-4-2-1-3-6(7)8;2-1-4-3;;;;1-3-5-7-9-11-13-12-10-8-6-4-2;/h5-11,26H,1-4H3,(H,27,28,29);5-6H,1-4H3,(H,19,20,21);1-5,9-10H;1,3H;1H4;;;;/q;;;;;2*+1;;-1/p-1. The van der Waals surface area contributed by atoms with Gasteiger partial charge in [0.25, 0.3) is 6.47 Å². The summed E-state index contributed by atoms with van der Waals surface area (Å²) in [5.41, 5.74) is 11.0. The number of benzene rings is 4. The van der Waals surface area contributed by atoms with Gasteiger partial charge in [0.05, 0.1) is 47.5 Å². The van der Waals surface area contributed by atoms with Crippen LogP contribution >= 0.6 is 36.0 Å². The monoisotopic (exact) mass is 1520 g/mol. The van der Waals surface area contributed by atoms with E-state index >= 15 is 0 Å². The summed E-state index contributed by atoms with van der Waals surface area (Å²) in [6.45, 7) is 11.2. The molecular formula is C52H49ClK2N10O7S15. The van der Waals surface area contributed by atoms with Crippen LogP contribution in [0.3, 0.4) is 0 Å². The molecule has 0 unspecified atom stereocenters. The molecule has 0 amide bonds. The quantitative estimate of drug-likeness (QED) is 0.0294. The zero-order valence-electron chi connectivity index (χ0n) is 47.7. The topological polar surface area (TPSA) is 235 Å². The van der Waals surface area contributed by atoms with Crippen molar-refractivity contribution in [2.75, 3.05) is 14.2 Å². The number of aryl methyl sites for hydroxylation is 6. The number of rotatable bonds is 7. The van der Waals surface area contributed by atoms with E-state index in [9.17, 15) is 0 Å². The average Bonchev–Trinajstić information content (AvgIpc) is 2.37. The smallest absolute Gasteiger partial charge is 1.00 e. The van der Waals surface area contributed by atoms with E-state index < -0.39 is 0 Å². The number of ether oxygens (including phenoxy) is 2. The molecule has 0 aliphatic carbocycles. The van der Waals surface area contributed by atoms with Crippen molar-refractivity contribution in [3.05, 3.63) is 125 Å². The van der Waals surface area contributed by atoms with Crippen LogP contribution in [0.25, 0.3) is 87.9 Å². The largest absolute Gasteiger partial charge is 1.00 e. The number of H-pyrrole nitrogens is 4. The van der Waals surface area contributed by atoms with Crippen LogP contribution in [0.2, 0.25) is 5.15 Å². The van der Waals surface area contributed by atoms with Gasteiger partial charge in [-0.2, -0.15) is 0 Å². The van der Waals surface area contributed by atoms with Crippen LogP contribution < -0.4 is 118 Å². The van der Waals surface area contributed by atoms with Gasteiger partial charge < -0.3 is 50.0 Å². The number of aromatic amines is 4. The van der Waals surface area contributed by atoms with E-state index in [4.69, 9.17) is 67.5 Å². The van der Waals surface area contributed by atoms with Gasteiger partial charge in [0, 0.05) is 197 Å². The number of hydrogen-bond acceptors (Lipinski definition) is 17. The molecule has 12 aromatic rings. The number of nitrogens with one attached hydrogen (secondary N) is 4. The molecule has 17 nitrogen and oxygen atoms in total. The second-order valence-electron chi connectivity index (χ2n) is 16.9. The molecule has 0 atom stereocenters. The number of para-hydroxylation sites is 2. The van der Waals surface area contributed by atoms with Gasteiger partial charge in [0.1, 0.15) is 56.1 Å². The zero-order valence-corrected chi connectivity index (χ0v) is 66.1. The first-order valence-corrected chi connectivity index (χ1v) is 41.5. The molecule has 0 bridgehead atoms. The average molecular weight is 1520 g/mol. The molecule has 448 valence electrons. The second-order valence-corrected chi connectivity index (χ2v) is 38.2. The Morgan fingerprint density at radius 3 is 1.51 bits per heavy atom. The Kier molecular flexibility index (Phi) is 33.1. The van der Waals surface area contributed by atoms with Crippen molar-refractivity contribution in [1.82, 2.24) is 50.2 Å². The van der Waals surface area contributed by atoms with Gasteiger partial charge in [-0.05, 0) is 77.9 Å². The Morgan fingerprint density at radius 2 is 1.05 bits per heavy atom. The summed E-state index contributed by atoms with van der Waals surface area (Å²) in [7, 11) is 21.4. The number of carbonyl (C=O) groups is 1. The Morgan fingerprint density at radius 1 is 0.609 bits per heavy atom. The van der Waals surface area contributed by atoms with Crippen molar-refractivity contribution in [2.24, 2.45) is 0 Å². The minimum atomic E-state index is -0.181. The van der Waals surface area contributed by atoms with Crippen LogP contribution in [0.5, 0.6) is 11.5 Å². The molecule has 12 rings (SSSR count). The molecule has 0 radical (unpaired) electrons. The third-order valence-electron chi connectivity index (χ3n) is 11.9. The summed E-state index contributed by atoms with van der Waals surface area (Å²) >= 11 is 21.6. The Labute approximate surface area is 641 Å². The van der Waals surface area contributed by atoms with Crippen LogP contribution in [0.4, 0.5) is 0 Å². The van der Waals surface area contributed by atoms with Crippen molar-refractivity contribution >= 4 is 228 Å². The van der Waals surface area contributed by atoms with E-state index in [0.717, 1.165) is 121 Å². The van der Waals surface area contributed by atoms with Crippen LogP contribution in [-0.2, 0) is 130 Å². The van der Waals surface area contributed by atoms with Crippen molar-refractivity contribution in [1.29, 1.82) is 0 Å². The molecule has 0 spiro atoms. The molecule has 0 saturated carbocycles. The first-order chi connectivity index (χ1) is 40.7. The number of halogens is 1. The molecule has 4 N–H and O–H groups in total. The summed E-state index contributed by atoms with van der Waals surface area (Å²) in [5, 5.41) is 24.0. The van der Waals surface area contributed by atoms with Crippen molar-refractivity contribution in [3.63, 3.8) is 0 Å².